The number of carbonyl (C=O) groups is 6. The van der Waals surface area contributed by atoms with Crippen LogP contribution in [0.15, 0.2) is 12.5 Å². The number of aliphatic hydroxyl groups is 1. The Morgan fingerprint density at radius 2 is 1.74 bits per heavy atom. The van der Waals surface area contributed by atoms with Crippen LogP contribution in [-0.2, 0) is 35.2 Å². The van der Waals surface area contributed by atoms with Gasteiger partial charge in [-0.2, -0.15) is 12.6 Å². The molecule has 1 aromatic heterocycles. The molecule has 0 aliphatic carbocycles. The summed E-state index contributed by atoms with van der Waals surface area (Å²) >= 11 is 4.00. The number of thiol groups is 1. The smallest absolute Gasteiger partial charge is 0.326 e. The number of nitrogens with two attached hydrogens (primary N) is 1. The molecule has 0 unspecified atom stereocenters. The minimum absolute atomic E-state index is 0.0105. The van der Waals surface area contributed by atoms with Crippen LogP contribution in [0.2, 0.25) is 0 Å². The van der Waals surface area contributed by atoms with Crippen molar-refractivity contribution >= 4 is 48.1 Å². The lowest BCUT2D eigenvalue weighted by molar-refractivity contribution is -0.143. The van der Waals surface area contributed by atoms with E-state index < -0.39 is 78.2 Å². The number of hydrogen-bond donors (Lipinski definition) is 10. The van der Waals surface area contributed by atoms with Crippen LogP contribution in [0.25, 0.3) is 0 Å². The van der Waals surface area contributed by atoms with Crippen molar-refractivity contribution in [1.82, 2.24) is 36.6 Å². The van der Waals surface area contributed by atoms with Gasteiger partial charge in [0.2, 0.25) is 29.5 Å². The Labute approximate surface area is 229 Å². The van der Waals surface area contributed by atoms with Gasteiger partial charge in [-0.3, -0.25) is 24.0 Å². The normalized spacial score (nSPS) is 18.6. The number of carbonyl (C=O) groups excluding carboxylic acids is 5. The van der Waals surface area contributed by atoms with Crippen LogP contribution < -0.4 is 32.3 Å². The van der Waals surface area contributed by atoms with E-state index in [1.54, 1.807) is 0 Å². The number of amides is 5. The van der Waals surface area contributed by atoms with Crippen LogP contribution in [0.4, 0.5) is 0 Å². The third-order valence-corrected chi connectivity index (χ3v) is 6.25. The van der Waals surface area contributed by atoms with Gasteiger partial charge in [-0.15, -0.1) is 0 Å². The number of aliphatic hydroxyl groups excluding tert-OH is 1. The highest BCUT2D eigenvalue weighted by Crippen LogP contribution is 2.07. The maximum atomic E-state index is 13.2. The highest BCUT2D eigenvalue weighted by Gasteiger charge is 2.34. The van der Waals surface area contributed by atoms with Gasteiger partial charge in [-0.05, 0) is 26.3 Å². The molecule has 1 aliphatic rings. The van der Waals surface area contributed by atoms with Crippen LogP contribution in [0.1, 0.15) is 31.9 Å². The fourth-order valence-corrected chi connectivity index (χ4v) is 4.05. The molecule has 16 nitrogen and oxygen atoms in total. The Balaban J connectivity index is 2.11. The second-order valence-corrected chi connectivity index (χ2v) is 9.40. The second kappa shape index (κ2) is 15.0. The SMILES string of the molecule is C[C@@H](O)[C@H](NC(=O)[C@H](Cc1cnc[nH]1)NC(=O)[C@@H]1CCCN1)C(=O)N[C@@H](CS)C(=O)N[C@@H](CC(N)=O)C(=O)O. The third-order valence-electron chi connectivity index (χ3n) is 5.89. The monoisotopic (exact) mass is 570 g/mol. The fourth-order valence-electron chi connectivity index (χ4n) is 3.79. The molecule has 1 saturated heterocycles. The number of carboxylic acids is 1. The number of aromatic amines is 1. The van der Waals surface area contributed by atoms with Crippen LogP contribution in [0.3, 0.4) is 0 Å². The van der Waals surface area contributed by atoms with Gasteiger partial charge < -0.3 is 47.5 Å². The molecule has 0 spiro atoms. The molecule has 5 amide bonds. The van der Waals surface area contributed by atoms with E-state index >= 15 is 0 Å². The molecule has 216 valence electrons. The number of hydrogen-bond acceptors (Lipinski definition) is 10. The van der Waals surface area contributed by atoms with E-state index in [4.69, 9.17) is 5.73 Å². The molecule has 1 aromatic rings. The fraction of sp³-hybridized carbons (Fsp3) is 0.591. The minimum Gasteiger partial charge on any atom is -0.480 e. The molecule has 17 heteroatoms. The maximum Gasteiger partial charge on any atom is 0.326 e. The van der Waals surface area contributed by atoms with Gasteiger partial charge in [0, 0.05) is 24.1 Å². The molecular formula is C22H34N8O8S. The van der Waals surface area contributed by atoms with Crippen LogP contribution in [0.5, 0.6) is 0 Å². The average molecular weight is 571 g/mol. The van der Waals surface area contributed by atoms with Gasteiger partial charge in [-0.25, -0.2) is 9.78 Å². The van der Waals surface area contributed by atoms with Crippen molar-refractivity contribution in [3.8, 4) is 0 Å². The molecule has 2 heterocycles. The molecule has 6 atom stereocenters. The predicted octanol–water partition coefficient (Wildman–Crippen LogP) is -4.09. The summed E-state index contributed by atoms with van der Waals surface area (Å²) in [6, 6.07) is -6.19. The zero-order valence-electron chi connectivity index (χ0n) is 21.2. The van der Waals surface area contributed by atoms with Crippen molar-refractivity contribution in [2.75, 3.05) is 12.3 Å². The van der Waals surface area contributed by atoms with Crippen LogP contribution in [0, 0.1) is 0 Å². The van der Waals surface area contributed by atoms with Crippen molar-refractivity contribution in [3.63, 3.8) is 0 Å². The quantitative estimate of drug-likeness (QED) is 0.0912. The molecule has 0 bridgehead atoms. The number of aromatic nitrogens is 2. The van der Waals surface area contributed by atoms with E-state index in [1.165, 1.54) is 19.4 Å². The third kappa shape index (κ3) is 9.84. The predicted molar refractivity (Wildman–Crippen MR) is 138 cm³/mol. The summed E-state index contributed by atoms with van der Waals surface area (Å²) < 4.78 is 0. The molecular weight excluding hydrogens is 536 g/mol. The number of carboxylic acid groups (broad SMARTS) is 1. The molecule has 0 aromatic carbocycles. The molecule has 0 radical (unpaired) electrons. The highest BCUT2D eigenvalue weighted by molar-refractivity contribution is 7.80. The number of aliphatic carboxylic acids is 1. The van der Waals surface area contributed by atoms with E-state index in [-0.39, 0.29) is 12.2 Å². The zero-order valence-corrected chi connectivity index (χ0v) is 22.1. The summed E-state index contributed by atoms with van der Waals surface area (Å²) in [7, 11) is 0. The number of rotatable bonds is 15. The topological polar surface area (TPSA) is 258 Å². The maximum absolute atomic E-state index is 13.2. The number of imidazole rings is 1. The standard InChI is InChI=1S/C22H34N8O8S/c1-10(31)17(21(36)29-15(8-39)20(35)28-14(22(37)38)6-16(23)32)30-19(34)13(5-11-7-24-9-26-11)27-18(33)12-3-2-4-25-12/h7,9-10,12-15,17,25,31,39H,2-6,8H2,1H3,(H2,23,32)(H,24,26)(H,27,33)(H,28,35)(H,29,36)(H,30,34)(H,37,38)/t10-,12+,13+,14+,15+,17+/m1/s1. The first-order valence-corrected chi connectivity index (χ1v) is 12.8. The summed E-state index contributed by atoms with van der Waals surface area (Å²) in [5.74, 6) is -5.90. The lowest BCUT2D eigenvalue weighted by Crippen LogP contribution is -2.61. The molecule has 1 aliphatic heterocycles. The highest BCUT2D eigenvalue weighted by atomic mass is 32.1. The zero-order chi connectivity index (χ0) is 29.1. The van der Waals surface area contributed by atoms with Gasteiger partial charge in [0.15, 0.2) is 0 Å². The number of nitrogens with zero attached hydrogens (tertiary/aromatic N) is 1. The summed E-state index contributed by atoms with van der Waals surface area (Å²) in [5.41, 5.74) is 5.54. The largest absolute Gasteiger partial charge is 0.480 e. The minimum atomic E-state index is -1.64. The second-order valence-electron chi connectivity index (χ2n) is 9.03. The summed E-state index contributed by atoms with van der Waals surface area (Å²) in [6.45, 7) is 1.90. The first-order chi connectivity index (χ1) is 18.4. The van der Waals surface area contributed by atoms with E-state index in [0.717, 1.165) is 6.42 Å². The van der Waals surface area contributed by atoms with E-state index in [9.17, 15) is 39.0 Å². The average Bonchev–Trinajstić information content (AvgIpc) is 3.58. The van der Waals surface area contributed by atoms with Crippen LogP contribution >= 0.6 is 12.6 Å². The summed E-state index contributed by atoms with van der Waals surface area (Å²) in [6.07, 6.45) is 2.17. The van der Waals surface area contributed by atoms with Gasteiger partial charge >= 0.3 is 5.97 Å². The molecule has 39 heavy (non-hydrogen) atoms. The van der Waals surface area contributed by atoms with Gasteiger partial charge in [0.25, 0.3) is 0 Å². The Kier molecular flexibility index (Phi) is 12.1. The Hall–Kier alpha value is -3.70. The van der Waals surface area contributed by atoms with E-state index in [2.05, 4.69) is 49.2 Å². The first-order valence-electron chi connectivity index (χ1n) is 12.1. The van der Waals surface area contributed by atoms with E-state index in [0.29, 0.717) is 18.7 Å². The molecule has 10 N–H and O–H groups in total. The molecule has 0 saturated carbocycles. The Bertz CT molecular complexity index is 1030. The number of H-pyrrole nitrogens is 1. The van der Waals surface area contributed by atoms with Crippen molar-refractivity contribution in [2.24, 2.45) is 5.73 Å². The molecule has 2 rings (SSSR count). The lowest BCUT2D eigenvalue weighted by atomic mass is 10.1. The lowest BCUT2D eigenvalue weighted by Gasteiger charge is -2.27. The summed E-state index contributed by atoms with van der Waals surface area (Å²) in [5, 5.41) is 31.9. The number of primary amides is 1. The molecule has 1 fully saturated rings. The van der Waals surface area contributed by atoms with Gasteiger partial charge in [-0.1, -0.05) is 0 Å². The van der Waals surface area contributed by atoms with Gasteiger partial charge in [0.1, 0.15) is 24.2 Å². The Morgan fingerprint density at radius 1 is 1.08 bits per heavy atom. The Morgan fingerprint density at radius 3 is 2.26 bits per heavy atom. The van der Waals surface area contributed by atoms with Crippen molar-refractivity contribution in [3.05, 3.63) is 18.2 Å². The van der Waals surface area contributed by atoms with Crippen molar-refractivity contribution in [1.29, 1.82) is 0 Å². The summed E-state index contributed by atoms with van der Waals surface area (Å²) in [4.78, 5) is 80.5. The van der Waals surface area contributed by atoms with Crippen LogP contribution in [-0.4, -0.2) is 104 Å². The van der Waals surface area contributed by atoms with E-state index in [1.807, 2.05) is 0 Å². The number of nitrogens with one attached hydrogen (secondary N) is 6. The van der Waals surface area contributed by atoms with Crippen molar-refractivity contribution in [2.45, 2.75) is 68.9 Å². The van der Waals surface area contributed by atoms with Gasteiger partial charge in [0.05, 0.1) is 24.9 Å². The first kappa shape index (κ1) is 31.5. The van der Waals surface area contributed by atoms with Crippen molar-refractivity contribution < 1.29 is 39.0 Å².